The first-order valence-electron chi connectivity index (χ1n) is 8.96. The van der Waals surface area contributed by atoms with Gasteiger partial charge in [0.25, 0.3) is 0 Å². The van der Waals surface area contributed by atoms with Crippen LogP contribution in [0.25, 0.3) is 0 Å². The van der Waals surface area contributed by atoms with Crippen LogP contribution >= 0.6 is 0 Å². The van der Waals surface area contributed by atoms with Gasteiger partial charge in [-0.15, -0.1) is 0 Å². The molecule has 0 saturated heterocycles. The van der Waals surface area contributed by atoms with Crippen molar-refractivity contribution >= 4 is 0 Å². The molecule has 2 bridgehead atoms. The van der Waals surface area contributed by atoms with E-state index in [0.29, 0.717) is 11.3 Å². The predicted octanol–water partition coefficient (Wildman–Crippen LogP) is 5.29. The van der Waals surface area contributed by atoms with E-state index in [2.05, 4.69) is 37.3 Å². The van der Waals surface area contributed by atoms with Crippen LogP contribution in [0.15, 0.2) is 30.3 Å². The van der Waals surface area contributed by atoms with Crippen LogP contribution in [-0.4, -0.2) is 11.2 Å². The maximum atomic E-state index is 10.5. The van der Waals surface area contributed by atoms with E-state index >= 15 is 0 Å². The predicted molar refractivity (Wildman–Crippen MR) is 88.3 cm³/mol. The number of rotatable bonds is 7. The summed E-state index contributed by atoms with van der Waals surface area (Å²) in [4.78, 5) is 0. The van der Waals surface area contributed by atoms with Crippen LogP contribution in [0.3, 0.4) is 0 Å². The van der Waals surface area contributed by atoms with Crippen molar-refractivity contribution in [1.29, 1.82) is 0 Å². The Bertz CT molecular complexity index is 440. The molecule has 4 atom stereocenters. The molecule has 0 aromatic heterocycles. The van der Waals surface area contributed by atoms with Crippen molar-refractivity contribution in [3.63, 3.8) is 0 Å². The molecular formula is C20H30O. The molecule has 1 nitrogen and oxygen atoms in total. The summed E-state index contributed by atoms with van der Waals surface area (Å²) in [6.45, 7) is 2.23. The van der Waals surface area contributed by atoms with Crippen molar-refractivity contribution in [2.45, 2.75) is 76.7 Å². The molecule has 0 spiro atoms. The number of unbranched alkanes of at least 4 members (excludes halogenated alkanes) is 2. The highest BCUT2D eigenvalue weighted by Gasteiger charge is 2.52. The van der Waals surface area contributed by atoms with Gasteiger partial charge in [0.2, 0.25) is 0 Å². The molecule has 1 heteroatoms. The van der Waals surface area contributed by atoms with Crippen LogP contribution in [0.2, 0.25) is 0 Å². The topological polar surface area (TPSA) is 20.2 Å². The van der Waals surface area contributed by atoms with Crippen molar-refractivity contribution < 1.29 is 5.11 Å². The van der Waals surface area contributed by atoms with Crippen LogP contribution in [0.5, 0.6) is 0 Å². The molecular weight excluding hydrogens is 256 g/mol. The number of aliphatic hydroxyl groups is 1. The summed E-state index contributed by atoms with van der Waals surface area (Å²) in [6, 6.07) is 11.1. The van der Waals surface area contributed by atoms with Crippen molar-refractivity contribution in [2.75, 3.05) is 0 Å². The molecule has 1 N–H and O–H groups in total. The Labute approximate surface area is 129 Å². The SMILES string of the molecule is CCCCCC(O)CC12CCC(CC1c1ccccc1)C2. The van der Waals surface area contributed by atoms with Crippen LogP contribution in [0.4, 0.5) is 0 Å². The third kappa shape index (κ3) is 3.18. The Morgan fingerprint density at radius 2 is 2.05 bits per heavy atom. The normalized spacial score (nSPS) is 32.5. The highest BCUT2D eigenvalue weighted by atomic mass is 16.3. The first-order valence-corrected chi connectivity index (χ1v) is 8.96. The minimum Gasteiger partial charge on any atom is -0.393 e. The molecule has 4 unspecified atom stereocenters. The zero-order valence-corrected chi connectivity index (χ0v) is 13.4. The van der Waals surface area contributed by atoms with E-state index in [1.54, 1.807) is 0 Å². The van der Waals surface area contributed by atoms with Gasteiger partial charge in [0, 0.05) is 0 Å². The van der Waals surface area contributed by atoms with Gasteiger partial charge in [-0.1, -0.05) is 56.5 Å². The first kappa shape index (κ1) is 15.1. The van der Waals surface area contributed by atoms with Gasteiger partial charge in [-0.25, -0.2) is 0 Å². The van der Waals surface area contributed by atoms with Gasteiger partial charge >= 0.3 is 0 Å². The average molecular weight is 286 g/mol. The number of fused-ring (bicyclic) bond motifs is 2. The molecule has 0 aliphatic heterocycles. The van der Waals surface area contributed by atoms with Crippen LogP contribution in [-0.2, 0) is 0 Å². The Kier molecular flexibility index (Phi) is 4.69. The molecule has 116 valence electrons. The molecule has 2 saturated carbocycles. The molecule has 2 aliphatic rings. The summed E-state index contributed by atoms with van der Waals surface area (Å²) in [7, 11) is 0. The molecule has 3 rings (SSSR count). The van der Waals surface area contributed by atoms with Crippen LogP contribution < -0.4 is 0 Å². The fourth-order valence-corrected chi connectivity index (χ4v) is 5.08. The standard InChI is InChI=1S/C20H30O/c1-2-3-5-10-18(21)15-20-12-11-16(14-20)13-19(20)17-8-6-4-7-9-17/h4,6-9,16,18-19,21H,2-3,5,10-15H2,1H3. The van der Waals surface area contributed by atoms with E-state index in [-0.39, 0.29) is 6.10 Å². The maximum absolute atomic E-state index is 10.5. The summed E-state index contributed by atoms with van der Waals surface area (Å²) in [5.74, 6) is 1.61. The van der Waals surface area contributed by atoms with Gasteiger partial charge in [-0.2, -0.15) is 0 Å². The largest absolute Gasteiger partial charge is 0.393 e. The van der Waals surface area contributed by atoms with Gasteiger partial charge in [-0.3, -0.25) is 0 Å². The van der Waals surface area contributed by atoms with Crippen LogP contribution in [0.1, 0.15) is 76.2 Å². The molecule has 2 aliphatic carbocycles. The highest BCUT2D eigenvalue weighted by molar-refractivity contribution is 5.26. The lowest BCUT2D eigenvalue weighted by Crippen LogP contribution is -2.28. The van der Waals surface area contributed by atoms with E-state index in [1.165, 1.54) is 50.5 Å². The third-order valence-electron chi connectivity index (χ3n) is 6.04. The second-order valence-corrected chi connectivity index (χ2v) is 7.52. The van der Waals surface area contributed by atoms with E-state index in [1.807, 2.05) is 0 Å². The molecule has 0 heterocycles. The zero-order chi connectivity index (χ0) is 14.7. The third-order valence-corrected chi connectivity index (χ3v) is 6.04. The minimum atomic E-state index is -0.0837. The fourth-order valence-electron chi connectivity index (χ4n) is 5.08. The Balaban J connectivity index is 1.68. The van der Waals surface area contributed by atoms with E-state index in [4.69, 9.17) is 0 Å². The summed E-state index contributed by atoms with van der Waals surface area (Å²) >= 11 is 0. The Morgan fingerprint density at radius 1 is 1.24 bits per heavy atom. The lowest BCUT2D eigenvalue weighted by Gasteiger charge is -2.37. The first-order chi connectivity index (χ1) is 10.2. The summed E-state index contributed by atoms with van der Waals surface area (Å²) in [6.07, 6.45) is 11.1. The van der Waals surface area contributed by atoms with Gasteiger partial charge < -0.3 is 5.11 Å². The molecule has 1 aromatic carbocycles. The van der Waals surface area contributed by atoms with E-state index in [9.17, 15) is 5.11 Å². The zero-order valence-electron chi connectivity index (χ0n) is 13.4. The number of hydrogen-bond donors (Lipinski definition) is 1. The second-order valence-electron chi connectivity index (χ2n) is 7.52. The quantitative estimate of drug-likeness (QED) is 0.675. The van der Waals surface area contributed by atoms with Gasteiger partial charge in [0.1, 0.15) is 0 Å². The summed E-state index contributed by atoms with van der Waals surface area (Å²) < 4.78 is 0. The highest BCUT2D eigenvalue weighted by Crippen LogP contribution is 2.63. The van der Waals surface area contributed by atoms with E-state index < -0.39 is 0 Å². The van der Waals surface area contributed by atoms with Gasteiger partial charge in [-0.05, 0) is 61.3 Å². The second kappa shape index (κ2) is 6.52. The van der Waals surface area contributed by atoms with Crippen molar-refractivity contribution in [3.8, 4) is 0 Å². The smallest absolute Gasteiger partial charge is 0.0545 e. The molecule has 0 amide bonds. The van der Waals surface area contributed by atoms with Gasteiger partial charge in [0.05, 0.1) is 6.10 Å². The maximum Gasteiger partial charge on any atom is 0.0545 e. The van der Waals surface area contributed by atoms with Crippen LogP contribution in [0, 0.1) is 11.3 Å². The number of hydrogen-bond acceptors (Lipinski definition) is 1. The van der Waals surface area contributed by atoms with Crippen molar-refractivity contribution in [3.05, 3.63) is 35.9 Å². The molecule has 1 aromatic rings. The lowest BCUT2D eigenvalue weighted by molar-refractivity contribution is 0.0806. The lowest BCUT2D eigenvalue weighted by atomic mass is 9.68. The average Bonchev–Trinajstić information content (AvgIpc) is 3.06. The Morgan fingerprint density at radius 3 is 2.76 bits per heavy atom. The number of aliphatic hydroxyl groups excluding tert-OH is 1. The van der Waals surface area contributed by atoms with Crippen molar-refractivity contribution in [2.24, 2.45) is 11.3 Å². The van der Waals surface area contributed by atoms with Crippen molar-refractivity contribution in [1.82, 2.24) is 0 Å². The fraction of sp³-hybridized carbons (Fsp3) is 0.700. The molecule has 2 fully saturated rings. The van der Waals surface area contributed by atoms with Gasteiger partial charge in [0.15, 0.2) is 0 Å². The Hall–Kier alpha value is -0.820. The minimum absolute atomic E-state index is 0.0837. The van der Waals surface area contributed by atoms with E-state index in [0.717, 1.165) is 18.8 Å². The molecule has 0 radical (unpaired) electrons. The number of benzene rings is 1. The summed E-state index contributed by atoms with van der Waals surface area (Å²) in [5, 5.41) is 10.5. The monoisotopic (exact) mass is 286 g/mol. The summed E-state index contributed by atoms with van der Waals surface area (Å²) in [5.41, 5.74) is 1.91. The molecule has 21 heavy (non-hydrogen) atoms.